The summed E-state index contributed by atoms with van der Waals surface area (Å²) in [6.45, 7) is 3.61. The number of hydrogen-bond acceptors (Lipinski definition) is 2. The van der Waals surface area contributed by atoms with Crippen molar-refractivity contribution in [3.63, 3.8) is 0 Å². The van der Waals surface area contributed by atoms with E-state index in [1.165, 1.54) is 0 Å². The van der Waals surface area contributed by atoms with Gasteiger partial charge >= 0.3 is 0 Å². The summed E-state index contributed by atoms with van der Waals surface area (Å²) in [6.07, 6.45) is 0.938. The predicted molar refractivity (Wildman–Crippen MR) is 87.3 cm³/mol. The summed E-state index contributed by atoms with van der Waals surface area (Å²) < 4.78 is 67.4. The van der Waals surface area contributed by atoms with Gasteiger partial charge in [-0.3, -0.25) is 4.72 Å². The van der Waals surface area contributed by atoms with E-state index >= 15 is 0 Å². The number of anilines is 1. The number of hydrogen-bond donors (Lipinski definition) is 1. The predicted octanol–water partition coefficient (Wildman–Crippen LogP) is 4.68. The van der Waals surface area contributed by atoms with E-state index in [1.807, 2.05) is 6.92 Å². The van der Waals surface area contributed by atoms with E-state index in [2.05, 4.69) is 4.72 Å². The molecule has 0 bridgehead atoms. The summed E-state index contributed by atoms with van der Waals surface area (Å²) in [5, 5.41) is 0.359. The van der Waals surface area contributed by atoms with E-state index in [1.54, 1.807) is 19.1 Å². The van der Waals surface area contributed by atoms with Gasteiger partial charge in [-0.15, -0.1) is 0 Å². The molecule has 0 unspecified atom stereocenters. The normalized spacial score (nSPS) is 11.6. The Morgan fingerprint density at radius 3 is 2.25 bits per heavy atom. The van der Waals surface area contributed by atoms with Crippen molar-refractivity contribution in [2.75, 3.05) is 4.72 Å². The minimum Gasteiger partial charge on any atom is -0.279 e. The SMILES string of the molecule is CCc1ccc(Cl)c(CC)c1NS(=O)(=O)c1ccc(F)c(F)c1F. The number of sulfonamides is 1. The maximum atomic E-state index is 13.8. The molecule has 2 rings (SSSR count). The zero-order chi connectivity index (χ0) is 18.1. The van der Waals surface area contributed by atoms with Crippen molar-refractivity contribution in [3.8, 4) is 0 Å². The van der Waals surface area contributed by atoms with Crippen LogP contribution in [0.2, 0.25) is 5.02 Å². The van der Waals surface area contributed by atoms with Gasteiger partial charge < -0.3 is 0 Å². The quantitative estimate of drug-likeness (QED) is 0.769. The first kappa shape index (κ1) is 18.6. The lowest BCUT2D eigenvalue weighted by atomic mass is 10.0. The van der Waals surface area contributed by atoms with Gasteiger partial charge in [0, 0.05) is 5.02 Å². The Balaban J connectivity index is 2.59. The number of benzene rings is 2. The molecule has 0 atom stereocenters. The van der Waals surface area contributed by atoms with Gasteiger partial charge in [0.05, 0.1) is 5.69 Å². The van der Waals surface area contributed by atoms with Gasteiger partial charge in [-0.05, 0) is 42.2 Å². The third-order valence-electron chi connectivity index (χ3n) is 3.60. The van der Waals surface area contributed by atoms with Crippen molar-refractivity contribution in [2.45, 2.75) is 31.6 Å². The van der Waals surface area contributed by atoms with Gasteiger partial charge in [-0.2, -0.15) is 0 Å². The molecule has 0 spiro atoms. The third-order valence-corrected chi connectivity index (χ3v) is 5.32. The van der Waals surface area contributed by atoms with E-state index in [9.17, 15) is 21.6 Å². The van der Waals surface area contributed by atoms with Gasteiger partial charge in [0.2, 0.25) is 0 Å². The van der Waals surface area contributed by atoms with Crippen molar-refractivity contribution in [2.24, 2.45) is 0 Å². The van der Waals surface area contributed by atoms with E-state index in [-0.39, 0.29) is 5.69 Å². The fraction of sp³-hybridized carbons (Fsp3) is 0.250. The third kappa shape index (κ3) is 3.37. The minimum absolute atomic E-state index is 0.233. The van der Waals surface area contributed by atoms with Crippen LogP contribution in [-0.2, 0) is 22.9 Å². The number of halogens is 4. The fourth-order valence-corrected chi connectivity index (χ4v) is 3.84. The molecule has 0 radical (unpaired) electrons. The van der Waals surface area contributed by atoms with Crippen molar-refractivity contribution < 1.29 is 21.6 Å². The highest BCUT2D eigenvalue weighted by Gasteiger charge is 2.26. The van der Waals surface area contributed by atoms with Crippen LogP contribution in [0.1, 0.15) is 25.0 Å². The van der Waals surface area contributed by atoms with Crippen LogP contribution in [0, 0.1) is 17.5 Å². The van der Waals surface area contributed by atoms with Crippen LogP contribution in [0.4, 0.5) is 18.9 Å². The van der Waals surface area contributed by atoms with Crippen molar-refractivity contribution in [3.05, 3.63) is 57.9 Å². The summed E-state index contributed by atoms with van der Waals surface area (Å²) in [7, 11) is -4.46. The topological polar surface area (TPSA) is 46.2 Å². The molecular weight excluding hydrogens is 363 g/mol. The molecule has 0 fully saturated rings. The molecule has 2 aromatic rings. The zero-order valence-corrected chi connectivity index (χ0v) is 14.5. The molecule has 2 aromatic carbocycles. The lowest BCUT2D eigenvalue weighted by Crippen LogP contribution is -2.18. The Bertz CT molecular complexity index is 885. The molecule has 3 nitrogen and oxygen atoms in total. The van der Waals surface area contributed by atoms with Crippen LogP contribution < -0.4 is 4.72 Å². The van der Waals surface area contributed by atoms with Crippen molar-refractivity contribution in [1.29, 1.82) is 0 Å². The summed E-state index contributed by atoms with van der Waals surface area (Å²) in [5.74, 6) is -5.06. The molecular formula is C16H15ClF3NO2S. The Morgan fingerprint density at radius 2 is 1.67 bits per heavy atom. The van der Waals surface area contributed by atoms with Gasteiger partial charge in [-0.1, -0.05) is 31.5 Å². The molecule has 0 aliphatic carbocycles. The average Bonchev–Trinajstić information content (AvgIpc) is 2.52. The molecule has 1 N–H and O–H groups in total. The van der Waals surface area contributed by atoms with Crippen LogP contribution in [0.3, 0.4) is 0 Å². The summed E-state index contributed by atoms with van der Waals surface area (Å²) in [4.78, 5) is -0.967. The summed E-state index contributed by atoms with van der Waals surface area (Å²) in [5.41, 5.74) is 1.43. The van der Waals surface area contributed by atoms with Gasteiger partial charge in [0.15, 0.2) is 17.5 Å². The molecule has 24 heavy (non-hydrogen) atoms. The van der Waals surface area contributed by atoms with Crippen molar-refractivity contribution >= 4 is 27.3 Å². The second-order valence-corrected chi connectivity index (χ2v) is 7.10. The maximum Gasteiger partial charge on any atom is 0.264 e. The molecule has 0 saturated carbocycles. The van der Waals surface area contributed by atoms with E-state index in [0.29, 0.717) is 41.1 Å². The van der Waals surface area contributed by atoms with Crippen LogP contribution in [0.15, 0.2) is 29.2 Å². The molecule has 0 heterocycles. The molecule has 0 aromatic heterocycles. The van der Waals surface area contributed by atoms with Crippen molar-refractivity contribution in [1.82, 2.24) is 0 Å². The van der Waals surface area contributed by atoms with E-state index in [4.69, 9.17) is 11.6 Å². The Morgan fingerprint density at radius 1 is 1.00 bits per heavy atom. The lowest BCUT2D eigenvalue weighted by Gasteiger charge is -2.17. The first-order valence-electron chi connectivity index (χ1n) is 7.19. The molecule has 0 amide bonds. The summed E-state index contributed by atoms with van der Waals surface area (Å²) >= 11 is 6.09. The molecule has 0 saturated heterocycles. The first-order chi connectivity index (χ1) is 11.2. The highest BCUT2D eigenvalue weighted by molar-refractivity contribution is 7.92. The largest absolute Gasteiger partial charge is 0.279 e. The number of rotatable bonds is 5. The highest BCUT2D eigenvalue weighted by Crippen LogP contribution is 2.32. The van der Waals surface area contributed by atoms with E-state index < -0.39 is 32.4 Å². The molecule has 0 aliphatic heterocycles. The number of aryl methyl sites for hydroxylation is 1. The molecule has 8 heteroatoms. The molecule has 0 aliphatic rings. The molecule has 130 valence electrons. The second kappa shape index (κ2) is 7.03. The highest BCUT2D eigenvalue weighted by atomic mass is 35.5. The average molecular weight is 378 g/mol. The van der Waals surface area contributed by atoms with E-state index in [0.717, 1.165) is 0 Å². The lowest BCUT2D eigenvalue weighted by molar-refractivity contribution is 0.432. The van der Waals surface area contributed by atoms with Crippen LogP contribution >= 0.6 is 11.6 Å². The Kier molecular flexibility index (Phi) is 5.45. The minimum atomic E-state index is -4.46. The zero-order valence-electron chi connectivity index (χ0n) is 13.0. The summed E-state index contributed by atoms with van der Waals surface area (Å²) in [6, 6.07) is 4.54. The first-order valence-corrected chi connectivity index (χ1v) is 9.05. The van der Waals surface area contributed by atoms with Crippen LogP contribution in [-0.4, -0.2) is 8.42 Å². The standard InChI is InChI=1S/C16H15ClF3NO2S/c1-3-9-5-6-11(17)10(4-2)16(9)21-24(22,23)13-8-7-12(18)14(19)15(13)20/h5-8,21H,3-4H2,1-2H3. The smallest absolute Gasteiger partial charge is 0.264 e. The Hall–Kier alpha value is -1.73. The van der Waals surface area contributed by atoms with Crippen LogP contribution in [0.25, 0.3) is 0 Å². The monoisotopic (exact) mass is 377 g/mol. The van der Waals surface area contributed by atoms with Gasteiger partial charge in [0.25, 0.3) is 10.0 Å². The second-order valence-electron chi connectivity index (χ2n) is 5.05. The fourth-order valence-electron chi connectivity index (χ4n) is 2.34. The van der Waals surface area contributed by atoms with Gasteiger partial charge in [0.1, 0.15) is 4.90 Å². The maximum absolute atomic E-state index is 13.8. The Labute approximate surface area is 143 Å². The van der Waals surface area contributed by atoms with Gasteiger partial charge in [-0.25, -0.2) is 21.6 Å². The van der Waals surface area contributed by atoms with Crippen LogP contribution in [0.5, 0.6) is 0 Å². The number of nitrogens with one attached hydrogen (secondary N) is 1.